The van der Waals surface area contributed by atoms with E-state index >= 15 is 0 Å². The number of hydrogen-bond donors (Lipinski definition) is 1. The Morgan fingerprint density at radius 2 is 1.95 bits per heavy atom. The summed E-state index contributed by atoms with van der Waals surface area (Å²) in [6.45, 7) is 1.87. The lowest BCUT2D eigenvalue weighted by atomic mass is 10.1. The van der Waals surface area contributed by atoms with Crippen molar-refractivity contribution < 1.29 is 23.1 Å². The van der Waals surface area contributed by atoms with Crippen molar-refractivity contribution in [2.45, 2.75) is 32.1 Å². The summed E-state index contributed by atoms with van der Waals surface area (Å²) in [7, 11) is 1.29. The van der Waals surface area contributed by atoms with Crippen LogP contribution in [0.5, 0.6) is 0 Å². The van der Waals surface area contributed by atoms with Crippen LogP contribution in [0.3, 0.4) is 0 Å². The van der Waals surface area contributed by atoms with Crippen molar-refractivity contribution in [3.8, 4) is 0 Å². The summed E-state index contributed by atoms with van der Waals surface area (Å²) in [5, 5.41) is 8.59. The maximum Gasteiger partial charge on any atom is 0.404 e. The van der Waals surface area contributed by atoms with Crippen molar-refractivity contribution in [1.82, 2.24) is 4.90 Å². The molecule has 6 heteroatoms. The van der Waals surface area contributed by atoms with Crippen LogP contribution in [0.25, 0.3) is 0 Å². The molecule has 1 unspecified atom stereocenters. The van der Waals surface area contributed by atoms with Crippen molar-refractivity contribution in [2.75, 3.05) is 7.05 Å². The molecule has 1 N–H and O–H groups in total. The summed E-state index contributed by atoms with van der Waals surface area (Å²) in [6, 6.07) is 5.11. The van der Waals surface area contributed by atoms with Gasteiger partial charge in [-0.1, -0.05) is 24.3 Å². The van der Waals surface area contributed by atoms with Gasteiger partial charge in [0.25, 0.3) is 0 Å². The summed E-state index contributed by atoms with van der Waals surface area (Å²) >= 11 is 0. The predicted octanol–water partition coefficient (Wildman–Crippen LogP) is 2.83. The van der Waals surface area contributed by atoms with Gasteiger partial charge in [-0.3, -0.25) is 9.69 Å². The molecule has 0 aliphatic carbocycles. The average molecular weight is 275 g/mol. The standard InChI is InChI=1S/C13H16F3NO2/c1-9-5-3-4-6-10(9)8-17(2)11(7-12(18)19)13(14,15)16/h3-6,11H,7-8H2,1-2H3,(H,18,19). The Morgan fingerprint density at radius 3 is 2.42 bits per heavy atom. The molecule has 0 fully saturated rings. The van der Waals surface area contributed by atoms with Crippen LogP contribution in [0.2, 0.25) is 0 Å². The monoisotopic (exact) mass is 275 g/mol. The van der Waals surface area contributed by atoms with Crippen LogP contribution in [-0.4, -0.2) is 35.2 Å². The van der Waals surface area contributed by atoms with Crippen LogP contribution < -0.4 is 0 Å². The number of carboxylic acid groups (broad SMARTS) is 1. The van der Waals surface area contributed by atoms with Gasteiger partial charge in [0.2, 0.25) is 0 Å². The largest absolute Gasteiger partial charge is 0.481 e. The predicted molar refractivity (Wildman–Crippen MR) is 64.7 cm³/mol. The molecule has 3 nitrogen and oxygen atoms in total. The second-order valence-corrected chi connectivity index (χ2v) is 4.50. The van der Waals surface area contributed by atoms with Gasteiger partial charge in [-0.15, -0.1) is 0 Å². The first-order valence-corrected chi connectivity index (χ1v) is 5.75. The zero-order chi connectivity index (χ0) is 14.6. The lowest BCUT2D eigenvalue weighted by molar-refractivity contribution is -0.188. The highest BCUT2D eigenvalue weighted by atomic mass is 19.4. The Balaban J connectivity index is 2.86. The molecule has 0 saturated carbocycles. The van der Waals surface area contributed by atoms with E-state index in [2.05, 4.69) is 0 Å². The van der Waals surface area contributed by atoms with Crippen LogP contribution in [0, 0.1) is 6.92 Å². The summed E-state index contributed by atoms with van der Waals surface area (Å²) in [5.41, 5.74) is 1.63. The molecule has 0 saturated heterocycles. The van der Waals surface area contributed by atoms with Crippen LogP contribution in [-0.2, 0) is 11.3 Å². The molecular formula is C13H16F3NO2. The van der Waals surface area contributed by atoms with Gasteiger partial charge in [0.15, 0.2) is 0 Å². The molecule has 0 bridgehead atoms. The Hall–Kier alpha value is -1.56. The minimum atomic E-state index is -4.56. The highest BCUT2D eigenvalue weighted by Gasteiger charge is 2.43. The molecule has 1 aromatic rings. The molecule has 0 aliphatic rings. The van der Waals surface area contributed by atoms with Crippen molar-refractivity contribution in [3.05, 3.63) is 35.4 Å². The molecule has 1 aromatic carbocycles. The third kappa shape index (κ3) is 4.55. The zero-order valence-corrected chi connectivity index (χ0v) is 10.7. The molecule has 0 amide bonds. The molecule has 0 heterocycles. The number of halogens is 3. The van der Waals surface area contributed by atoms with Gasteiger partial charge in [-0.05, 0) is 25.1 Å². The number of alkyl halides is 3. The number of carboxylic acids is 1. The van der Waals surface area contributed by atoms with Gasteiger partial charge in [-0.25, -0.2) is 0 Å². The molecule has 1 rings (SSSR count). The van der Waals surface area contributed by atoms with Crippen molar-refractivity contribution in [1.29, 1.82) is 0 Å². The molecule has 0 radical (unpaired) electrons. The maximum atomic E-state index is 12.8. The number of hydrogen-bond acceptors (Lipinski definition) is 2. The summed E-state index contributed by atoms with van der Waals surface area (Å²) in [4.78, 5) is 11.6. The van der Waals surface area contributed by atoms with Crippen molar-refractivity contribution in [2.24, 2.45) is 0 Å². The number of benzene rings is 1. The second kappa shape index (κ2) is 6.06. The van der Waals surface area contributed by atoms with Gasteiger partial charge in [0.1, 0.15) is 6.04 Å². The first-order chi connectivity index (χ1) is 8.71. The minimum Gasteiger partial charge on any atom is -0.481 e. The van der Waals surface area contributed by atoms with E-state index in [0.29, 0.717) is 0 Å². The van der Waals surface area contributed by atoms with Crippen LogP contribution in [0.15, 0.2) is 24.3 Å². The third-order valence-electron chi connectivity index (χ3n) is 2.96. The highest BCUT2D eigenvalue weighted by molar-refractivity contribution is 5.67. The molecule has 0 aromatic heterocycles. The van der Waals surface area contributed by atoms with Gasteiger partial charge >= 0.3 is 12.1 Å². The number of aliphatic carboxylic acids is 1. The lowest BCUT2D eigenvalue weighted by Crippen LogP contribution is -2.44. The third-order valence-corrected chi connectivity index (χ3v) is 2.96. The normalized spacial score (nSPS) is 13.6. The van der Waals surface area contributed by atoms with E-state index in [-0.39, 0.29) is 6.54 Å². The number of nitrogens with zero attached hydrogens (tertiary/aromatic N) is 1. The first-order valence-electron chi connectivity index (χ1n) is 5.75. The molecular weight excluding hydrogens is 259 g/mol. The van der Waals surface area contributed by atoms with Crippen molar-refractivity contribution >= 4 is 5.97 Å². The topological polar surface area (TPSA) is 40.5 Å². The van der Waals surface area contributed by atoms with Gasteiger partial charge in [-0.2, -0.15) is 13.2 Å². The highest BCUT2D eigenvalue weighted by Crippen LogP contribution is 2.28. The van der Waals surface area contributed by atoms with Gasteiger partial charge in [0, 0.05) is 6.54 Å². The fourth-order valence-electron chi connectivity index (χ4n) is 1.85. The van der Waals surface area contributed by atoms with E-state index in [0.717, 1.165) is 16.0 Å². The number of aryl methyl sites for hydroxylation is 1. The summed E-state index contributed by atoms with van der Waals surface area (Å²) in [6.07, 6.45) is -5.51. The Morgan fingerprint density at radius 1 is 1.37 bits per heavy atom. The van der Waals surface area contributed by atoms with Gasteiger partial charge < -0.3 is 5.11 Å². The molecule has 19 heavy (non-hydrogen) atoms. The van der Waals surface area contributed by atoms with E-state index < -0.39 is 24.6 Å². The van der Waals surface area contributed by atoms with Crippen molar-refractivity contribution in [3.63, 3.8) is 0 Å². The average Bonchev–Trinajstić information content (AvgIpc) is 2.27. The Kier molecular flexibility index (Phi) is 4.94. The first kappa shape index (κ1) is 15.5. The SMILES string of the molecule is Cc1ccccc1CN(C)C(CC(=O)O)C(F)(F)F. The Bertz CT molecular complexity index is 446. The minimum absolute atomic E-state index is 0.0597. The van der Waals surface area contributed by atoms with E-state index in [4.69, 9.17) is 5.11 Å². The quantitative estimate of drug-likeness (QED) is 0.898. The molecule has 1 atom stereocenters. The molecule has 0 spiro atoms. The second-order valence-electron chi connectivity index (χ2n) is 4.50. The van der Waals surface area contributed by atoms with Gasteiger partial charge in [0.05, 0.1) is 6.42 Å². The summed E-state index contributed by atoms with van der Waals surface area (Å²) in [5.74, 6) is -1.46. The zero-order valence-electron chi connectivity index (χ0n) is 10.7. The fourth-order valence-corrected chi connectivity index (χ4v) is 1.85. The van der Waals surface area contributed by atoms with E-state index in [1.165, 1.54) is 7.05 Å². The van der Waals surface area contributed by atoms with Crippen LogP contribution >= 0.6 is 0 Å². The molecule has 0 aliphatic heterocycles. The lowest BCUT2D eigenvalue weighted by Gasteiger charge is -2.29. The van der Waals surface area contributed by atoms with E-state index in [1.54, 1.807) is 18.2 Å². The van der Waals surface area contributed by atoms with Crippen LogP contribution in [0.1, 0.15) is 17.5 Å². The number of carbonyl (C=O) groups is 1. The molecule has 106 valence electrons. The van der Waals surface area contributed by atoms with E-state index in [9.17, 15) is 18.0 Å². The number of rotatable bonds is 5. The summed E-state index contributed by atoms with van der Waals surface area (Å²) < 4.78 is 38.5. The fraction of sp³-hybridized carbons (Fsp3) is 0.462. The van der Waals surface area contributed by atoms with Crippen LogP contribution in [0.4, 0.5) is 13.2 Å². The van der Waals surface area contributed by atoms with E-state index in [1.807, 2.05) is 13.0 Å². The smallest absolute Gasteiger partial charge is 0.404 e. The maximum absolute atomic E-state index is 12.8. The Labute approximate surface area is 109 Å².